The third-order valence-corrected chi connectivity index (χ3v) is 1.87. The second-order valence-corrected chi connectivity index (χ2v) is 3.38. The van der Waals surface area contributed by atoms with Gasteiger partial charge in [-0.05, 0) is 24.6 Å². The van der Waals surface area contributed by atoms with Gasteiger partial charge in [-0.1, -0.05) is 6.07 Å². The van der Waals surface area contributed by atoms with E-state index in [9.17, 15) is 17.6 Å². The van der Waals surface area contributed by atoms with Crippen molar-refractivity contribution >= 4 is 12.4 Å². The van der Waals surface area contributed by atoms with Crippen LogP contribution in [0.2, 0.25) is 0 Å². The molecule has 0 saturated heterocycles. The average Bonchev–Trinajstić information content (AvgIpc) is 2.14. The van der Waals surface area contributed by atoms with E-state index in [2.05, 4.69) is 4.74 Å². The number of benzene rings is 1. The average molecular weight is 274 g/mol. The number of ether oxygens (including phenoxy) is 1. The standard InChI is InChI=1S/C10H11F4NO.ClH/c1-6(15)7-2-3-9(8(11)4-7)16-5-10(12,13)14;/h2-4,6H,5,15H2,1H3;1H. The van der Waals surface area contributed by atoms with E-state index in [4.69, 9.17) is 5.73 Å². The van der Waals surface area contributed by atoms with Crippen molar-refractivity contribution in [1.82, 2.24) is 0 Å². The van der Waals surface area contributed by atoms with E-state index in [-0.39, 0.29) is 18.4 Å². The molecule has 17 heavy (non-hydrogen) atoms. The molecule has 0 aliphatic carbocycles. The Morgan fingerprint density at radius 3 is 2.35 bits per heavy atom. The molecule has 0 radical (unpaired) electrons. The third kappa shape index (κ3) is 5.23. The molecule has 2 nitrogen and oxygen atoms in total. The SMILES string of the molecule is CC(N)c1ccc(OCC(F)(F)F)c(F)c1.Cl. The van der Waals surface area contributed by atoms with E-state index in [1.54, 1.807) is 6.92 Å². The normalized spacial score (nSPS) is 12.8. The Labute approximate surface area is 102 Å². The van der Waals surface area contributed by atoms with Gasteiger partial charge in [0.05, 0.1) is 0 Å². The van der Waals surface area contributed by atoms with Gasteiger partial charge >= 0.3 is 6.18 Å². The number of alkyl halides is 3. The minimum atomic E-state index is -4.48. The zero-order valence-corrected chi connectivity index (χ0v) is 9.74. The maximum absolute atomic E-state index is 13.2. The molecule has 1 unspecified atom stereocenters. The van der Waals surface area contributed by atoms with Crippen LogP contribution >= 0.6 is 12.4 Å². The number of halogens is 5. The van der Waals surface area contributed by atoms with Crippen molar-refractivity contribution < 1.29 is 22.3 Å². The quantitative estimate of drug-likeness (QED) is 0.859. The fraction of sp³-hybridized carbons (Fsp3) is 0.400. The zero-order chi connectivity index (χ0) is 12.3. The van der Waals surface area contributed by atoms with Crippen molar-refractivity contribution in [3.8, 4) is 5.75 Å². The van der Waals surface area contributed by atoms with Gasteiger partial charge in [-0.15, -0.1) is 12.4 Å². The molecule has 0 aliphatic rings. The molecule has 0 heterocycles. The third-order valence-electron chi connectivity index (χ3n) is 1.87. The Hall–Kier alpha value is -1.01. The van der Waals surface area contributed by atoms with Gasteiger partial charge in [0.25, 0.3) is 0 Å². The van der Waals surface area contributed by atoms with E-state index in [1.165, 1.54) is 6.07 Å². The Morgan fingerprint density at radius 1 is 1.35 bits per heavy atom. The van der Waals surface area contributed by atoms with E-state index in [1.807, 2.05) is 0 Å². The summed E-state index contributed by atoms with van der Waals surface area (Å²) in [6.45, 7) is 0.131. The highest BCUT2D eigenvalue weighted by Crippen LogP contribution is 2.23. The van der Waals surface area contributed by atoms with Gasteiger partial charge in [0.1, 0.15) is 0 Å². The molecule has 0 aliphatic heterocycles. The Bertz CT molecular complexity index is 368. The van der Waals surface area contributed by atoms with Gasteiger partial charge < -0.3 is 10.5 Å². The van der Waals surface area contributed by atoms with Crippen molar-refractivity contribution in [1.29, 1.82) is 0 Å². The number of hydrogen-bond acceptors (Lipinski definition) is 2. The molecule has 2 N–H and O–H groups in total. The van der Waals surface area contributed by atoms with Crippen molar-refractivity contribution in [2.45, 2.75) is 19.1 Å². The first-order chi connectivity index (χ1) is 7.29. The van der Waals surface area contributed by atoms with Gasteiger partial charge in [0.2, 0.25) is 0 Å². The maximum atomic E-state index is 13.2. The minimum absolute atomic E-state index is 0. The number of nitrogens with two attached hydrogens (primary N) is 1. The van der Waals surface area contributed by atoms with Crippen molar-refractivity contribution in [2.75, 3.05) is 6.61 Å². The molecule has 1 aromatic rings. The van der Waals surface area contributed by atoms with Gasteiger partial charge in [-0.25, -0.2) is 4.39 Å². The Balaban J connectivity index is 0.00000256. The van der Waals surface area contributed by atoms with E-state index < -0.39 is 24.3 Å². The Kier molecular flexibility index (Phi) is 5.71. The van der Waals surface area contributed by atoms with Crippen molar-refractivity contribution in [2.24, 2.45) is 5.73 Å². The molecular weight excluding hydrogens is 262 g/mol. The molecule has 0 spiro atoms. The van der Waals surface area contributed by atoms with Gasteiger partial charge in [-0.2, -0.15) is 13.2 Å². The monoisotopic (exact) mass is 273 g/mol. The van der Waals surface area contributed by atoms with Crippen LogP contribution in [-0.4, -0.2) is 12.8 Å². The molecule has 7 heteroatoms. The lowest BCUT2D eigenvalue weighted by molar-refractivity contribution is -0.153. The summed E-state index contributed by atoms with van der Waals surface area (Å²) in [6.07, 6.45) is -4.48. The van der Waals surface area contributed by atoms with Gasteiger partial charge in [0.15, 0.2) is 18.2 Å². The van der Waals surface area contributed by atoms with E-state index >= 15 is 0 Å². The van der Waals surface area contributed by atoms with Gasteiger partial charge in [-0.3, -0.25) is 0 Å². The van der Waals surface area contributed by atoms with Crippen LogP contribution in [0.1, 0.15) is 18.5 Å². The maximum Gasteiger partial charge on any atom is 0.422 e. The lowest BCUT2D eigenvalue weighted by Gasteiger charge is -2.11. The smallest absolute Gasteiger partial charge is 0.422 e. The first-order valence-corrected chi connectivity index (χ1v) is 4.54. The predicted octanol–water partition coefficient (Wildman–Crippen LogP) is 3.21. The van der Waals surface area contributed by atoms with E-state index in [0.29, 0.717) is 5.56 Å². The molecular formula is C10H12ClF4NO. The molecule has 0 saturated carbocycles. The summed E-state index contributed by atoms with van der Waals surface area (Å²) in [6, 6.07) is 3.25. The largest absolute Gasteiger partial charge is 0.481 e. The highest BCUT2D eigenvalue weighted by Gasteiger charge is 2.28. The summed E-state index contributed by atoms with van der Waals surface area (Å²) in [5.74, 6) is -1.28. The van der Waals surface area contributed by atoms with Crippen LogP contribution in [0.3, 0.4) is 0 Å². The molecule has 0 amide bonds. The fourth-order valence-corrected chi connectivity index (χ4v) is 1.08. The lowest BCUT2D eigenvalue weighted by Crippen LogP contribution is -2.19. The van der Waals surface area contributed by atoms with Crippen LogP contribution < -0.4 is 10.5 Å². The summed E-state index contributed by atoms with van der Waals surface area (Å²) in [7, 11) is 0. The summed E-state index contributed by atoms with van der Waals surface area (Å²) in [5, 5.41) is 0. The lowest BCUT2D eigenvalue weighted by atomic mass is 10.1. The van der Waals surface area contributed by atoms with Gasteiger partial charge in [0, 0.05) is 6.04 Å². The highest BCUT2D eigenvalue weighted by molar-refractivity contribution is 5.85. The topological polar surface area (TPSA) is 35.2 Å². The first kappa shape index (κ1) is 16.0. The van der Waals surface area contributed by atoms with Crippen LogP contribution in [0.15, 0.2) is 18.2 Å². The molecule has 1 aromatic carbocycles. The predicted molar refractivity (Wildman–Crippen MR) is 57.8 cm³/mol. The molecule has 0 fully saturated rings. The summed E-state index contributed by atoms with van der Waals surface area (Å²) >= 11 is 0. The van der Waals surface area contributed by atoms with Crippen LogP contribution in [0.4, 0.5) is 17.6 Å². The zero-order valence-electron chi connectivity index (χ0n) is 8.92. The molecule has 0 aromatic heterocycles. The van der Waals surface area contributed by atoms with E-state index in [0.717, 1.165) is 12.1 Å². The second kappa shape index (κ2) is 6.07. The Morgan fingerprint density at radius 2 is 1.94 bits per heavy atom. The molecule has 1 atom stereocenters. The number of hydrogen-bond donors (Lipinski definition) is 1. The fourth-order valence-electron chi connectivity index (χ4n) is 1.08. The molecule has 98 valence electrons. The molecule has 0 bridgehead atoms. The summed E-state index contributed by atoms with van der Waals surface area (Å²) in [4.78, 5) is 0. The van der Waals surface area contributed by atoms with Crippen LogP contribution in [-0.2, 0) is 0 Å². The summed E-state index contributed by atoms with van der Waals surface area (Å²) in [5.41, 5.74) is 5.99. The minimum Gasteiger partial charge on any atom is -0.481 e. The number of rotatable bonds is 3. The van der Waals surface area contributed by atoms with Crippen molar-refractivity contribution in [3.05, 3.63) is 29.6 Å². The van der Waals surface area contributed by atoms with Crippen LogP contribution in [0, 0.1) is 5.82 Å². The van der Waals surface area contributed by atoms with Crippen LogP contribution in [0.25, 0.3) is 0 Å². The first-order valence-electron chi connectivity index (χ1n) is 4.54. The second-order valence-electron chi connectivity index (χ2n) is 3.38. The molecule has 1 rings (SSSR count). The summed E-state index contributed by atoms with van der Waals surface area (Å²) < 4.78 is 53.0. The van der Waals surface area contributed by atoms with Crippen molar-refractivity contribution in [3.63, 3.8) is 0 Å². The van der Waals surface area contributed by atoms with Crippen LogP contribution in [0.5, 0.6) is 5.75 Å². The highest BCUT2D eigenvalue weighted by atomic mass is 35.5.